The van der Waals surface area contributed by atoms with E-state index >= 15 is 0 Å². The monoisotopic (exact) mass is 497 g/mol. The van der Waals surface area contributed by atoms with Crippen molar-refractivity contribution in [2.75, 3.05) is 0 Å². The van der Waals surface area contributed by atoms with Crippen LogP contribution in [0.4, 0.5) is 17.6 Å². The van der Waals surface area contributed by atoms with E-state index in [1.807, 2.05) is 0 Å². The number of amides is 1. The Labute approximate surface area is 205 Å². The van der Waals surface area contributed by atoms with Crippen LogP contribution in [-0.4, -0.2) is 28.4 Å². The first kappa shape index (κ1) is 25.1. The summed E-state index contributed by atoms with van der Waals surface area (Å²) in [5, 5.41) is 2.71. The highest BCUT2D eigenvalue weighted by molar-refractivity contribution is 5.95. The molecule has 0 radical (unpaired) electrons. The molecule has 1 N–H and O–H groups in total. The van der Waals surface area contributed by atoms with Crippen LogP contribution in [0.15, 0.2) is 84.7 Å². The average molecular weight is 497 g/mol. The van der Waals surface area contributed by atoms with Gasteiger partial charge in [0.2, 0.25) is 0 Å². The number of halogens is 4. The maximum atomic E-state index is 14.9. The average Bonchev–Trinajstić information content (AvgIpc) is 2.84. The molecule has 9 heteroatoms. The normalized spacial score (nSPS) is 17.6. The molecule has 0 saturated heterocycles. The van der Waals surface area contributed by atoms with E-state index in [1.54, 1.807) is 43.3 Å². The highest BCUT2D eigenvalue weighted by Crippen LogP contribution is 2.46. The van der Waals surface area contributed by atoms with E-state index < -0.39 is 23.9 Å². The second-order valence-corrected chi connectivity index (χ2v) is 8.50. The van der Waals surface area contributed by atoms with Crippen molar-refractivity contribution in [2.45, 2.75) is 38.2 Å². The highest BCUT2D eigenvalue weighted by atomic mass is 19.3. The van der Waals surface area contributed by atoms with Crippen LogP contribution >= 0.6 is 0 Å². The SMILES string of the molecule is Cc1ncc(-c2ccc(OC(F)F)cc2)nc1C(=O)NC1=CC=CC(c2ccccc2)(C(C)(F)F)C1. The lowest BCUT2D eigenvalue weighted by Gasteiger charge is -2.39. The predicted octanol–water partition coefficient (Wildman–Crippen LogP) is 6.22. The molecule has 36 heavy (non-hydrogen) atoms. The second kappa shape index (κ2) is 9.93. The summed E-state index contributed by atoms with van der Waals surface area (Å²) in [4.78, 5) is 21.7. The Bertz CT molecular complexity index is 1300. The molecular weight excluding hydrogens is 474 g/mol. The number of nitrogens with one attached hydrogen (secondary N) is 1. The number of aromatic nitrogens is 2. The number of carbonyl (C=O) groups is 1. The van der Waals surface area contributed by atoms with Gasteiger partial charge in [-0.05, 0) is 42.8 Å². The minimum atomic E-state index is -3.11. The van der Waals surface area contributed by atoms with E-state index in [2.05, 4.69) is 20.0 Å². The maximum absolute atomic E-state index is 14.9. The summed E-state index contributed by atoms with van der Waals surface area (Å²) in [7, 11) is 0. The molecule has 4 rings (SSSR count). The molecule has 0 saturated carbocycles. The number of carbonyl (C=O) groups excluding carboxylic acids is 1. The fourth-order valence-electron chi connectivity index (χ4n) is 4.14. The van der Waals surface area contributed by atoms with Crippen LogP contribution in [0, 0.1) is 6.92 Å². The molecule has 5 nitrogen and oxygen atoms in total. The molecule has 0 bridgehead atoms. The van der Waals surface area contributed by atoms with Gasteiger partial charge in [-0.2, -0.15) is 8.78 Å². The van der Waals surface area contributed by atoms with Crippen LogP contribution in [0.5, 0.6) is 5.75 Å². The van der Waals surface area contributed by atoms with E-state index in [-0.39, 0.29) is 17.9 Å². The topological polar surface area (TPSA) is 64.1 Å². The largest absolute Gasteiger partial charge is 0.435 e. The minimum Gasteiger partial charge on any atom is -0.435 e. The number of hydrogen-bond acceptors (Lipinski definition) is 4. The number of allylic oxidation sites excluding steroid dienone is 4. The Kier molecular flexibility index (Phi) is 6.92. The van der Waals surface area contributed by atoms with Crippen molar-refractivity contribution < 1.29 is 27.1 Å². The molecule has 2 aromatic carbocycles. The van der Waals surface area contributed by atoms with Crippen LogP contribution in [0.2, 0.25) is 0 Å². The van der Waals surface area contributed by atoms with Gasteiger partial charge in [0.15, 0.2) is 0 Å². The number of alkyl halides is 4. The molecule has 186 valence electrons. The van der Waals surface area contributed by atoms with Gasteiger partial charge in [0.25, 0.3) is 11.8 Å². The summed E-state index contributed by atoms with van der Waals surface area (Å²) in [5.74, 6) is -3.72. The van der Waals surface area contributed by atoms with Gasteiger partial charge in [0.1, 0.15) is 11.4 Å². The van der Waals surface area contributed by atoms with Gasteiger partial charge in [-0.3, -0.25) is 9.78 Å². The van der Waals surface area contributed by atoms with Crippen LogP contribution in [0.1, 0.15) is 35.1 Å². The van der Waals surface area contributed by atoms with Crippen molar-refractivity contribution in [2.24, 2.45) is 0 Å². The summed E-state index contributed by atoms with van der Waals surface area (Å²) < 4.78 is 59.0. The summed E-state index contributed by atoms with van der Waals surface area (Å²) in [5.41, 5.74) is 0.354. The number of nitrogens with zero attached hydrogens (tertiary/aromatic N) is 2. The van der Waals surface area contributed by atoms with Crippen LogP contribution in [-0.2, 0) is 5.41 Å². The van der Waals surface area contributed by atoms with E-state index in [0.29, 0.717) is 28.2 Å². The van der Waals surface area contributed by atoms with E-state index in [9.17, 15) is 22.4 Å². The zero-order valence-corrected chi connectivity index (χ0v) is 19.5. The number of hydrogen-bond donors (Lipinski definition) is 1. The number of ether oxygens (including phenoxy) is 1. The summed E-state index contributed by atoms with van der Waals surface area (Å²) in [6.45, 7) is -0.469. The first-order chi connectivity index (χ1) is 17.1. The molecular formula is C27H23F4N3O2. The zero-order valence-electron chi connectivity index (χ0n) is 19.5. The minimum absolute atomic E-state index is 0.0151. The van der Waals surface area contributed by atoms with Crippen LogP contribution in [0.25, 0.3) is 11.3 Å². The lowest BCUT2D eigenvalue weighted by Crippen LogP contribution is -2.44. The molecule has 0 fully saturated rings. The van der Waals surface area contributed by atoms with Crippen molar-refractivity contribution in [1.82, 2.24) is 15.3 Å². The van der Waals surface area contributed by atoms with Gasteiger partial charge in [-0.15, -0.1) is 0 Å². The van der Waals surface area contributed by atoms with Crippen molar-refractivity contribution in [3.63, 3.8) is 0 Å². The third-order valence-electron chi connectivity index (χ3n) is 6.04. The third kappa shape index (κ3) is 5.15. The summed E-state index contributed by atoms with van der Waals surface area (Å²) in [6, 6.07) is 14.2. The lowest BCUT2D eigenvalue weighted by atomic mass is 9.70. The third-order valence-corrected chi connectivity index (χ3v) is 6.04. The van der Waals surface area contributed by atoms with Crippen molar-refractivity contribution in [3.05, 3.63) is 102 Å². The van der Waals surface area contributed by atoms with Gasteiger partial charge < -0.3 is 10.1 Å². The van der Waals surface area contributed by atoms with Crippen molar-refractivity contribution in [1.29, 1.82) is 0 Å². The van der Waals surface area contributed by atoms with Crippen molar-refractivity contribution >= 4 is 5.91 Å². The van der Waals surface area contributed by atoms with Gasteiger partial charge in [0, 0.05) is 24.6 Å². The second-order valence-electron chi connectivity index (χ2n) is 8.50. The maximum Gasteiger partial charge on any atom is 0.387 e. The molecule has 1 aliphatic rings. The van der Waals surface area contributed by atoms with Crippen LogP contribution in [0.3, 0.4) is 0 Å². The number of benzene rings is 2. The lowest BCUT2D eigenvalue weighted by molar-refractivity contribution is -0.0498. The molecule has 1 aliphatic carbocycles. The smallest absolute Gasteiger partial charge is 0.387 e. The molecule has 1 unspecified atom stereocenters. The van der Waals surface area contributed by atoms with Gasteiger partial charge >= 0.3 is 6.61 Å². The Balaban J connectivity index is 1.57. The van der Waals surface area contributed by atoms with E-state index in [1.165, 1.54) is 42.6 Å². The zero-order chi connectivity index (χ0) is 25.9. The Hall–Kier alpha value is -4.01. The standard InChI is InChI=1S/C27H23F4N3O2/c1-17-23(34-22(16-32-17)18-10-12-21(13-11-18)36-25(28)29)24(35)33-20-9-6-14-27(15-20,26(2,30)31)19-7-4-3-5-8-19/h3-14,16,25H,15H2,1-2H3,(H,33,35). The first-order valence-electron chi connectivity index (χ1n) is 11.1. The van der Waals surface area contributed by atoms with Gasteiger partial charge in [-0.25, -0.2) is 13.8 Å². The highest BCUT2D eigenvalue weighted by Gasteiger charge is 2.50. The van der Waals surface area contributed by atoms with E-state index in [0.717, 1.165) is 6.92 Å². The molecule has 1 heterocycles. The van der Waals surface area contributed by atoms with E-state index in [4.69, 9.17) is 0 Å². The fraction of sp³-hybridized carbons (Fsp3) is 0.222. The number of rotatable bonds is 7. The molecule has 3 aromatic rings. The fourth-order valence-corrected chi connectivity index (χ4v) is 4.14. The molecule has 0 aliphatic heterocycles. The molecule has 1 amide bonds. The predicted molar refractivity (Wildman–Crippen MR) is 127 cm³/mol. The van der Waals surface area contributed by atoms with Crippen molar-refractivity contribution in [3.8, 4) is 17.0 Å². The van der Waals surface area contributed by atoms with Gasteiger partial charge in [0.05, 0.1) is 23.0 Å². The Morgan fingerprint density at radius 1 is 1.11 bits per heavy atom. The summed E-state index contributed by atoms with van der Waals surface area (Å²) in [6.07, 6.45) is 5.89. The van der Waals surface area contributed by atoms with Crippen LogP contribution < -0.4 is 10.1 Å². The Morgan fingerprint density at radius 3 is 2.44 bits per heavy atom. The summed E-state index contributed by atoms with van der Waals surface area (Å²) >= 11 is 0. The first-order valence-corrected chi connectivity index (χ1v) is 11.1. The molecule has 1 aromatic heterocycles. The molecule has 0 spiro atoms. The Morgan fingerprint density at radius 2 is 1.81 bits per heavy atom. The quantitative estimate of drug-likeness (QED) is 0.394. The number of aryl methyl sites for hydroxylation is 1. The van der Waals surface area contributed by atoms with Gasteiger partial charge in [-0.1, -0.05) is 42.5 Å². The molecule has 1 atom stereocenters.